The van der Waals surface area contributed by atoms with Gasteiger partial charge in [-0.3, -0.25) is 14.9 Å². The molecule has 156 valence electrons. The number of para-hydroxylation sites is 1. The summed E-state index contributed by atoms with van der Waals surface area (Å²) in [6, 6.07) is 16.0. The van der Waals surface area contributed by atoms with E-state index < -0.39 is 0 Å². The van der Waals surface area contributed by atoms with Gasteiger partial charge in [-0.15, -0.1) is 12.4 Å². The second-order valence-corrected chi connectivity index (χ2v) is 7.62. The molecule has 1 aliphatic carbocycles. The van der Waals surface area contributed by atoms with Gasteiger partial charge in [-0.1, -0.05) is 49.2 Å². The molecule has 0 aliphatic heterocycles. The van der Waals surface area contributed by atoms with Gasteiger partial charge in [-0.25, -0.2) is 0 Å². The summed E-state index contributed by atoms with van der Waals surface area (Å²) in [6.45, 7) is 0. The number of benzene rings is 2. The lowest BCUT2D eigenvalue weighted by atomic mass is 9.76. The molecule has 29 heavy (non-hydrogen) atoms. The summed E-state index contributed by atoms with van der Waals surface area (Å²) in [5, 5.41) is 14.8. The zero-order chi connectivity index (χ0) is 20.1. The average Bonchev–Trinajstić information content (AvgIpc) is 2.70. The molecule has 0 bridgehead atoms. The van der Waals surface area contributed by atoms with Crippen molar-refractivity contribution in [2.45, 2.75) is 37.8 Å². The number of nitrogens with one attached hydrogen (secondary N) is 1. The quantitative estimate of drug-likeness (QED) is 0.550. The highest BCUT2D eigenvalue weighted by Crippen LogP contribution is 2.40. The summed E-state index contributed by atoms with van der Waals surface area (Å²) in [5.74, 6) is 0.0232. The fourth-order valence-electron chi connectivity index (χ4n) is 4.35. The molecule has 1 aliphatic rings. The molecule has 7 heteroatoms. The van der Waals surface area contributed by atoms with Crippen molar-refractivity contribution in [2.75, 3.05) is 14.1 Å². The lowest BCUT2D eigenvalue weighted by Gasteiger charge is -2.40. The normalized spacial score (nSPS) is 19.8. The number of amides is 1. The summed E-state index contributed by atoms with van der Waals surface area (Å²) >= 11 is 0. The molecule has 3 atom stereocenters. The van der Waals surface area contributed by atoms with Crippen LogP contribution in [0.4, 0.5) is 5.69 Å². The van der Waals surface area contributed by atoms with Crippen LogP contribution >= 0.6 is 12.4 Å². The van der Waals surface area contributed by atoms with Crippen LogP contribution in [0.1, 0.15) is 47.6 Å². The number of halogens is 1. The minimum atomic E-state index is -0.313. The molecular formula is C22H28ClN3O3. The van der Waals surface area contributed by atoms with Crippen molar-refractivity contribution in [1.29, 1.82) is 0 Å². The van der Waals surface area contributed by atoms with Crippen LogP contribution in [0.3, 0.4) is 0 Å². The van der Waals surface area contributed by atoms with E-state index in [0.717, 1.165) is 25.7 Å². The molecule has 1 fully saturated rings. The van der Waals surface area contributed by atoms with E-state index in [1.165, 1.54) is 0 Å². The van der Waals surface area contributed by atoms with Crippen LogP contribution in [0.15, 0.2) is 54.6 Å². The second kappa shape index (κ2) is 10.4. The monoisotopic (exact) mass is 417 g/mol. The van der Waals surface area contributed by atoms with E-state index in [9.17, 15) is 14.9 Å². The first-order chi connectivity index (χ1) is 13.5. The first kappa shape index (κ1) is 22.8. The van der Waals surface area contributed by atoms with E-state index in [-0.39, 0.29) is 46.9 Å². The van der Waals surface area contributed by atoms with Crippen LogP contribution in [0, 0.1) is 16.0 Å². The van der Waals surface area contributed by atoms with Crippen molar-refractivity contribution < 1.29 is 9.72 Å². The number of nitrogens with zero attached hydrogens (tertiary/aromatic N) is 2. The van der Waals surface area contributed by atoms with Gasteiger partial charge in [0.05, 0.1) is 4.92 Å². The molecule has 1 unspecified atom stereocenters. The Kier molecular flexibility index (Phi) is 8.17. The number of hydrogen-bond donors (Lipinski definition) is 1. The van der Waals surface area contributed by atoms with Gasteiger partial charge in [-0.05, 0) is 45.0 Å². The molecule has 2 aromatic carbocycles. The van der Waals surface area contributed by atoms with Crippen LogP contribution in [-0.2, 0) is 0 Å². The third-order valence-electron chi connectivity index (χ3n) is 5.59. The van der Waals surface area contributed by atoms with Crippen molar-refractivity contribution in [3.63, 3.8) is 0 Å². The number of carbonyl (C=O) groups excluding carboxylic acids is 1. The van der Waals surface area contributed by atoms with Crippen molar-refractivity contribution >= 4 is 24.0 Å². The van der Waals surface area contributed by atoms with E-state index in [1.54, 1.807) is 24.3 Å². The highest BCUT2D eigenvalue weighted by Gasteiger charge is 2.37. The van der Waals surface area contributed by atoms with E-state index in [0.29, 0.717) is 11.1 Å². The van der Waals surface area contributed by atoms with Crippen LogP contribution in [0.5, 0.6) is 0 Å². The summed E-state index contributed by atoms with van der Waals surface area (Å²) in [6.07, 6.45) is 3.92. The molecular weight excluding hydrogens is 390 g/mol. The third-order valence-corrected chi connectivity index (χ3v) is 5.59. The lowest BCUT2D eigenvalue weighted by molar-refractivity contribution is -0.386. The van der Waals surface area contributed by atoms with Crippen molar-refractivity contribution in [1.82, 2.24) is 10.2 Å². The topological polar surface area (TPSA) is 75.5 Å². The SMILES string of the molecule is CN(C)C(c1ccccc1[N+](=O)[O-])[C@@H]1CCCC[C@H]1NC(=O)c1ccccc1.Cl. The van der Waals surface area contributed by atoms with E-state index in [4.69, 9.17) is 0 Å². The Bertz CT molecular complexity index is 829. The molecule has 6 nitrogen and oxygen atoms in total. The van der Waals surface area contributed by atoms with Crippen molar-refractivity contribution in [2.24, 2.45) is 5.92 Å². The van der Waals surface area contributed by atoms with Gasteiger partial charge >= 0.3 is 0 Å². The average molecular weight is 418 g/mol. The Morgan fingerprint density at radius 3 is 2.34 bits per heavy atom. The minimum absolute atomic E-state index is 0. The minimum Gasteiger partial charge on any atom is -0.349 e. The second-order valence-electron chi connectivity index (χ2n) is 7.62. The van der Waals surface area contributed by atoms with Gasteiger partial charge < -0.3 is 10.2 Å². The molecule has 0 heterocycles. The summed E-state index contributed by atoms with van der Waals surface area (Å²) in [7, 11) is 3.90. The Balaban J connectivity index is 0.00000300. The maximum Gasteiger partial charge on any atom is 0.274 e. The first-order valence-corrected chi connectivity index (χ1v) is 9.74. The Morgan fingerprint density at radius 1 is 1.07 bits per heavy atom. The molecule has 1 amide bonds. The van der Waals surface area contributed by atoms with Crippen molar-refractivity contribution in [3.8, 4) is 0 Å². The molecule has 0 aromatic heterocycles. The molecule has 0 spiro atoms. The van der Waals surface area contributed by atoms with Gasteiger partial charge in [0.15, 0.2) is 0 Å². The van der Waals surface area contributed by atoms with Gasteiger partial charge in [-0.2, -0.15) is 0 Å². The van der Waals surface area contributed by atoms with E-state index in [1.807, 2.05) is 49.3 Å². The number of rotatable bonds is 6. The van der Waals surface area contributed by atoms with Crippen LogP contribution in [-0.4, -0.2) is 35.9 Å². The fourth-order valence-corrected chi connectivity index (χ4v) is 4.35. The van der Waals surface area contributed by atoms with Gasteiger partial charge in [0.25, 0.3) is 11.6 Å². The highest BCUT2D eigenvalue weighted by atomic mass is 35.5. The number of carbonyl (C=O) groups is 1. The van der Waals surface area contributed by atoms with Gasteiger partial charge in [0.1, 0.15) is 0 Å². The molecule has 0 radical (unpaired) electrons. The first-order valence-electron chi connectivity index (χ1n) is 9.74. The zero-order valence-corrected chi connectivity index (χ0v) is 17.6. The van der Waals surface area contributed by atoms with Crippen LogP contribution in [0.25, 0.3) is 0 Å². The Morgan fingerprint density at radius 2 is 1.69 bits per heavy atom. The molecule has 3 rings (SSSR count). The number of nitro benzene ring substituents is 1. The van der Waals surface area contributed by atoms with E-state index >= 15 is 0 Å². The molecule has 0 saturated heterocycles. The summed E-state index contributed by atoms with van der Waals surface area (Å²) in [4.78, 5) is 26.1. The summed E-state index contributed by atoms with van der Waals surface area (Å²) < 4.78 is 0. The van der Waals surface area contributed by atoms with Crippen LogP contribution < -0.4 is 5.32 Å². The van der Waals surface area contributed by atoms with Gasteiger partial charge in [0, 0.05) is 29.3 Å². The molecule has 1 N–H and O–H groups in total. The largest absolute Gasteiger partial charge is 0.349 e. The third kappa shape index (κ3) is 5.34. The van der Waals surface area contributed by atoms with E-state index in [2.05, 4.69) is 5.32 Å². The molecule has 2 aromatic rings. The van der Waals surface area contributed by atoms with Gasteiger partial charge in [0.2, 0.25) is 0 Å². The summed E-state index contributed by atoms with van der Waals surface area (Å²) in [5.41, 5.74) is 1.49. The maximum atomic E-state index is 12.7. The number of nitro groups is 1. The lowest BCUT2D eigenvalue weighted by Crippen LogP contribution is -2.47. The molecule has 1 saturated carbocycles. The van der Waals surface area contributed by atoms with Crippen LogP contribution in [0.2, 0.25) is 0 Å². The Labute approximate surface area is 177 Å². The maximum absolute atomic E-state index is 12.7. The zero-order valence-electron chi connectivity index (χ0n) is 16.8. The highest BCUT2D eigenvalue weighted by molar-refractivity contribution is 5.94. The smallest absolute Gasteiger partial charge is 0.274 e. The fraction of sp³-hybridized carbons (Fsp3) is 0.409. The predicted molar refractivity (Wildman–Crippen MR) is 116 cm³/mol. The number of hydrogen-bond acceptors (Lipinski definition) is 4. The van der Waals surface area contributed by atoms with Crippen molar-refractivity contribution in [3.05, 3.63) is 75.8 Å². The Hall–Kier alpha value is -2.44. The standard InChI is InChI=1S/C22H27N3O3.ClH/c1-24(2)21(18-13-7-9-15-20(18)25(27)28)17-12-6-8-14-19(17)23-22(26)16-10-4-3-5-11-16;/h3-5,7,9-11,13,15,17,19,21H,6,8,12,14H2,1-2H3,(H,23,26);1H/t17-,19-,21?;/m1./s1. The predicted octanol–water partition coefficient (Wildman–Crippen LogP) is 4.61.